The molecule has 2 amide bonds. The number of hydroxylamine groups is 1. The van der Waals surface area contributed by atoms with E-state index in [2.05, 4.69) is 30.7 Å². The Morgan fingerprint density at radius 3 is 2.77 bits per heavy atom. The highest BCUT2D eigenvalue weighted by atomic mass is 16.7. The SMILES string of the molecule is CC1=CN(NC(=O)C[C@H]2CC[C@H]3[C@@H]4CC[C@H]5NC(=O)C=C[C@]5(C)[C@H]4CC[C@]23C)OC1C. The van der Waals surface area contributed by atoms with Crippen LogP contribution in [-0.2, 0) is 14.4 Å². The molecule has 170 valence electrons. The van der Waals surface area contributed by atoms with Crippen molar-refractivity contribution in [1.29, 1.82) is 0 Å². The van der Waals surface area contributed by atoms with Gasteiger partial charge in [0, 0.05) is 17.9 Å². The lowest BCUT2D eigenvalue weighted by molar-refractivity contribution is -0.173. The first-order valence-corrected chi connectivity index (χ1v) is 12.1. The van der Waals surface area contributed by atoms with E-state index >= 15 is 0 Å². The van der Waals surface area contributed by atoms with Crippen LogP contribution < -0.4 is 10.7 Å². The van der Waals surface area contributed by atoms with Gasteiger partial charge < -0.3 is 5.32 Å². The minimum atomic E-state index is 0.0130. The molecule has 2 N–H and O–H groups in total. The topological polar surface area (TPSA) is 70.7 Å². The lowest BCUT2D eigenvalue weighted by Crippen LogP contribution is -2.59. The van der Waals surface area contributed by atoms with Crippen LogP contribution >= 0.6 is 0 Å². The molecule has 31 heavy (non-hydrogen) atoms. The second kappa shape index (κ2) is 7.36. The lowest BCUT2D eigenvalue weighted by atomic mass is 9.48. The molecule has 3 aliphatic carbocycles. The highest BCUT2D eigenvalue weighted by Gasteiger charge is 2.59. The summed E-state index contributed by atoms with van der Waals surface area (Å²) < 4.78 is 0. The van der Waals surface area contributed by atoms with Gasteiger partial charge in [0.05, 0.1) is 6.20 Å². The maximum absolute atomic E-state index is 12.8. The van der Waals surface area contributed by atoms with Gasteiger partial charge in [-0.1, -0.05) is 19.9 Å². The number of carbonyl (C=O) groups is 2. The van der Waals surface area contributed by atoms with Crippen molar-refractivity contribution < 1.29 is 14.4 Å². The Hall–Kier alpha value is -1.82. The molecule has 5 aliphatic rings. The fourth-order valence-corrected chi connectivity index (χ4v) is 7.80. The van der Waals surface area contributed by atoms with Crippen molar-refractivity contribution in [2.45, 2.75) is 84.8 Å². The van der Waals surface area contributed by atoms with E-state index in [0.29, 0.717) is 30.1 Å². The van der Waals surface area contributed by atoms with E-state index in [0.717, 1.165) is 18.4 Å². The summed E-state index contributed by atoms with van der Waals surface area (Å²) in [7, 11) is 0. The molecule has 2 aliphatic heterocycles. The molecule has 0 aromatic heterocycles. The normalized spacial score (nSPS) is 46.0. The van der Waals surface area contributed by atoms with Crippen molar-refractivity contribution in [2.75, 3.05) is 0 Å². The van der Waals surface area contributed by atoms with Gasteiger partial charge in [0.15, 0.2) is 0 Å². The van der Waals surface area contributed by atoms with Crippen LogP contribution in [0.15, 0.2) is 23.9 Å². The van der Waals surface area contributed by atoms with Gasteiger partial charge in [-0.2, -0.15) is 5.17 Å². The molecule has 1 unspecified atom stereocenters. The minimum Gasteiger partial charge on any atom is -0.349 e. The number of rotatable bonds is 3. The fourth-order valence-electron chi connectivity index (χ4n) is 7.80. The summed E-state index contributed by atoms with van der Waals surface area (Å²) in [4.78, 5) is 30.4. The van der Waals surface area contributed by atoms with Crippen LogP contribution in [0.5, 0.6) is 0 Å². The van der Waals surface area contributed by atoms with Gasteiger partial charge in [0.1, 0.15) is 6.10 Å². The molecule has 0 aromatic carbocycles. The third-order valence-corrected chi connectivity index (χ3v) is 9.78. The van der Waals surface area contributed by atoms with Gasteiger partial charge in [-0.25, -0.2) is 10.3 Å². The highest BCUT2D eigenvalue weighted by molar-refractivity contribution is 5.89. The van der Waals surface area contributed by atoms with Gasteiger partial charge >= 0.3 is 0 Å². The Morgan fingerprint density at radius 1 is 1.23 bits per heavy atom. The summed E-state index contributed by atoms with van der Waals surface area (Å²) in [5, 5.41) is 4.72. The summed E-state index contributed by atoms with van der Waals surface area (Å²) >= 11 is 0. The first-order chi connectivity index (χ1) is 14.7. The van der Waals surface area contributed by atoms with E-state index in [-0.39, 0.29) is 34.8 Å². The number of fused-ring (bicyclic) bond motifs is 5. The zero-order valence-corrected chi connectivity index (χ0v) is 19.3. The molecular formula is C25H37N3O3. The van der Waals surface area contributed by atoms with E-state index in [1.54, 1.807) is 6.08 Å². The van der Waals surface area contributed by atoms with Gasteiger partial charge in [-0.05, 0) is 93.1 Å². The smallest absolute Gasteiger partial charge is 0.243 e. The second-order valence-electron chi connectivity index (χ2n) is 11.2. The number of carbonyl (C=O) groups excluding carboxylic acids is 2. The van der Waals surface area contributed by atoms with Crippen LogP contribution in [0.3, 0.4) is 0 Å². The number of hydrazine groups is 1. The van der Waals surface area contributed by atoms with Crippen LogP contribution in [-0.4, -0.2) is 29.1 Å². The molecule has 5 rings (SSSR count). The molecule has 8 atom stereocenters. The van der Waals surface area contributed by atoms with Gasteiger partial charge in [-0.15, -0.1) is 0 Å². The molecule has 0 saturated heterocycles. The molecule has 0 spiro atoms. The van der Waals surface area contributed by atoms with Crippen molar-refractivity contribution in [1.82, 2.24) is 15.9 Å². The second-order valence-corrected chi connectivity index (χ2v) is 11.2. The Kier molecular flexibility index (Phi) is 5.00. The zero-order chi connectivity index (χ0) is 22.0. The van der Waals surface area contributed by atoms with Crippen molar-refractivity contribution in [2.24, 2.45) is 34.5 Å². The average Bonchev–Trinajstić information content (AvgIpc) is 3.20. The van der Waals surface area contributed by atoms with Crippen molar-refractivity contribution >= 4 is 11.8 Å². The third-order valence-electron chi connectivity index (χ3n) is 9.78. The van der Waals surface area contributed by atoms with Gasteiger partial charge in [0.25, 0.3) is 0 Å². The van der Waals surface area contributed by atoms with Gasteiger partial charge in [-0.3, -0.25) is 9.59 Å². The number of hydrogen-bond acceptors (Lipinski definition) is 4. The molecule has 3 fully saturated rings. The Labute approximate surface area is 185 Å². The van der Waals surface area contributed by atoms with E-state index in [4.69, 9.17) is 4.84 Å². The molecule has 6 heteroatoms. The predicted molar refractivity (Wildman–Crippen MR) is 118 cm³/mol. The third kappa shape index (κ3) is 3.33. The number of hydrogen-bond donors (Lipinski definition) is 2. The van der Waals surface area contributed by atoms with E-state index in [1.165, 1.54) is 30.9 Å². The van der Waals surface area contributed by atoms with Crippen molar-refractivity contribution in [3.8, 4) is 0 Å². The Bertz CT molecular complexity index is 838. The van der Waals surface area contributed by atoms with Crippen molar-refractivity contribution in [3.05, 3.63) is 23.9 Å². The first kappa shape index (κ1) is 21.0. The minimum absolute atomic E-state index is 0.0130. The molecular weight excluding hydrogens is 390 g/mol. The maximum atomic E-state index is 12.8. The molecule has 0 bridgehead atoms. The van der Waals surface area contributed by atoms with Crippen LogP contribution in [0.2, 0.25) is 0 Å². The predicted octanol–water partition coefficient (Wildman–Crippen LogP) is 3.86. The maximum Gasteiger partial charge on any atom is 0.243 e. The van der Waals surface area contributed by atoms with Crippen molar-refractivity contribution in [3.63, 3.8) is 0 Å². The zero-order valence-electron chi connectivity index (χ0n) is 19.3. The summed E-state index contributed by atoms with van der Waals surface area (Å²) in [6.45, 7) is 8.81. The van der Waals surface area contributed by atoms with E-state index < -0.39 is 0 Å². The summed E-state index contributed by atoms with van der Waals surface area (Å²) in [6, 6.07) is 0.276. The Morgan fingerprint density at radius 2 is 2.03 bits per heavy atom. The number of nitrogens with one attached hydrogen (secondary N) is 2. The molecule has 3 saturated carbocycles. The molecule has 0 radical (unpaired) electrons. The quantitative estimate of drug-likeness (QED) is 0.718. The summed E-state index contributed by atoms with van der Waals surface area (Å²) in [5.74, 6) is 2.55. The number of amides is 2. The highest BCUT2D eigenvalue weighted by Crippen LogP contribution is 2.65. The van der Waals surface area contributed by atoms with E-state index in [1.807, 2.05) is 20.0 Å². The van der Waals surface area contributed by atoms with Crippen LogP contribution in [0, 0.1) is 34.5 Å². The standard InChI is InChI=1S/C25H37N3O3/c1-15-14-28(31-16(15)2)27-23(30)13-17-5-7-19-18-6-8-21-25(4,12-10-22(29)26-21)20(18)9-11-24(17,19)3/h10,12,14,16-21H,5-9,11,13H2,1-4H3,(H,26,29)(H,27,30)/t16?,17-,18+,19+,20+,21-,24-,25-/m1/s1. The number of nitrogens with zero attached hydrogens (tertiary/aromatic N) is 1. The fraction of sp³-hybridized carbons (Fsp3) is 0.760. The van der Waals surface area contributed by atoms with E-state index in [9.17, 15) is 9.59 Å². The first-order valence-electron chi connectivity index (χ1n) is 12.1. The summed E-state index contributed by atoms with van der Waals surface area (Å²) in [5.41, 5.74) is 4.35. The van der Waals surface area contributed by atoms with Crippen LogP contribution in [0.4, 0.5) is 0 Å². The Balaban J connectivity index is 1.27. The van der Waals surface area contributed by atoms with Crippen LogP contribution in [0.25, 0.3) is 0 Å². The molecule has 0 aromatic rings. The summed E-state index contributed by atoms with van der Waals surface area (Å²) in [6.07, 6.45) is 13.4. The average molecular weight is 428 g/mol. The van der Waals surface area contributed by atoms with Gasteiger partial charge in [0.2, 0.25) is 11.8 Å². The monoisotopic (exact) mass is 427 g/mol. The largest absolute Gasteiger partial charge is 0.349 e. The molecule has 6 nitrogen and oxygen atoms in total. The lowest BCUT2D eigenvalue weighted by Gasteiger charge is -2.59. The van der Waals surface area contributed by atoms with Crippen LogP contribution in [0.1, 0.15) is 72.6 Å². The molecule has 2 heterocycles.